The lowest BCUT2D eigenvalue weighted by atomic mass is 10.1. The normalized spacial score (nSPS) is 20.4. The van der Waals surface area contributed by atoms with Crippen molar-refractivity contribution in [2.24, 2.45) is 0 Å². The first-order valence-electron chi connectivity index (χ1n) is 7.05. The van der Waals surface area contributed by atoms with Crippen LogP contribution in [-0.2, 0) is 9.53 Å². The molecule has 1 saturated heterocycles. The van der Waals surface area contributed by atoms with E-state index in [0.717, 1.165) is 37.4 Å². The molecule has 0 spiro atoms. The maximum atomic E-state index is 12.2. The van der Waals surface area contributed by atoms with Gasteiger partial charge in [-0.25, -0.2) is 0 Å². The highest BCUT2D eigenvalue weighted by molar-refractivity contribution is 5.96. The zero-order valence-electron chi connectivity index (χ0n) is 12.2. The van der Waals surface area contributed by atoms with Gasteiger partial charge in [0.25, 0.3) is 0 Å². The van der Waals surface area contributed by atoms with Crippen LogP contribution in [0.5, 0.6) is 0 Å². The second-order valence-corrected chi connectivity index (χ2v) is 5.36. The van der Waals surface area contributed by atoms with E-state index in [-0.39, 0.29) is 12.0 Å². The van der Waals surface area contributed by atoms with E-state index in [1.54, 1.807) is 6.07 Å². The van der Waals surface area contributed by atoms with Crippen LogP contribution in [-0.4, -0.2) is 43.2 Å². The van der Waals surface area contributed by atoms with E-state index in [1.165, 1.54) is 0 Å². The third kappa shape index (κ3) is 3.95. The van der Waals surface area contributed by atoms with Crippen LogP contribution in [0.2, 0.25) is 0 Å². The smallest absolute Gasteiger partial charge is 0.238 e. The molecule has 1 aliphatic heterocycles. The van der Waals surface area contributed by atoms with Crippen LogP contribution in [0.15, 0.2) is 18.2 Å². The number of hydrogen-bond donors (Lipinski definition) is 2. The number of carbonyl (C=O) groups excluding carboxylic acids is 1. The molecule has 2 rings (SSSR count). The van der Waals surface area contributed by atoms with Gasteiger partial charge >= 0.3 is 0 Å². The van der Waals surface area contributed by atoms with E-state index in [2.05, 4.69) is 10.2 Å². The Morgan fingerprint density at radius 1 is 1.55 bits per heavy atom. The molecule has 1 aromatic carbocycles. The number of hydrogen-bond acceptors (Lipinski definition) is 4. The van der Waals surface area contributed by atoms with Crippen LogP contribution < -0.4 is 11.1 Å². The van der Waals surface area contributed by atoms with E-state index < -0.39 is 0 Å². The van der Waals surface area contributed by atoms with Crippen LogP contribution >= 0.6 is 0 Å². The highest BCUT2D eigenvalue weighted by Gasteiger charge is 2.18. The van der Waals surface area contributed by atoms with Gasteiger partial charge in [-0.05, 0) is 31.9 Å². The molecule has 3 N–H and O–H groups in total. The number of aryl methyl sites for hydroxylation is 1. The fourth-order valence-electron chi connectivity index (χ4n) is 2.47. The molecule has 1 atom stereocenters. The van der Waals surface area contributed by atoms with Gasteiger partial charge < -0.3 is 15.8 Å². The molecule has 0 saturated carbocycles. The molecule has 0 radical (unpaired) electrons. The number of anilines is 2. The minimum Gasteiger partial charge on any atom is -0.397 e. The second-order valence-electron chi connectivity index (χ2n) is 5.36. The van der Waals surface area contributed by atoms with E-state index in [1.807, 2.05) is 26.0 Å². The van der Waals surface area contributed by atoms with E-state index in [0.29, 0.717) is 12.2 Å². The number of ether oxygens (including phenoxy) is 1. The molecular formula is C15H23N3O2. The number of carbonyl (C=O) groups is 1. The Kier molecular flexibility index (Phi) is 4.98. The Hall–Kier alpha value is -1.59. The number of nitrogens with one attached hydrogen (secondary N) is 1. The van der Waals surface area contributed by atoms with Gasteiger partial charge in [0.15, 0.2) is 0 Å². The molecule has 0 aliphatic carbocycles. The van der Waals surface area contributed by atoms with Crippen molar-refractivity contribution in [3.05, 3.63) is 23.8 Å². The summed E-state index contributed by atoms with van der Waals surface area (Å²) < 4.78 is 5.58. The van der Waals surface area contributed by atoms with E-state index in [9.17, 15) is 4.79 Å². The summed E-state index contributed by atoms with van der Waals surface area (Å²) in [5, 5.41) is 2.91. The van der Waals surface area contributed by atoms with Crippen LogP contribution in [0.25, 0.3) is 0 Å². The van der Waals surface area contributed by atoms with Gasteiger partial charge in [0.05, 0.1) is 24.0 Å². The minimum absolute atomic E-state index is 0.0277. The third-order valence-electron chi connectivity index (χ3n) is 3.47. The predicted molar refractivity (Wildman–Crippen MR) is 80.7 cm³/mol. The summed E-state index contributed by atoms with van der Waals surface area (Å²) in [6, 6.07) is 5.62. The number of para-hydroxylation sites is 1. The summed E-state index contributed by atoms with van der Waals surface area (Å²) in [6.45, 7) is 6.80. The molecular weight excluding hydrogens is 254 g/mol. The largest absolute Gasteiger partial charge is 0.397 e. The topological polar surface area (TPSA) is 67.6 Å². The number of benzene rings is 1. The lowest BCUT2D eigenvalue weighted by Gasteiger charge is -2.21. The summed E-state index contributed by atoms with van der Waals surface area (Å²) in [5.74, 6) is -0.0277. The quantitative estimate of drug-likeness (QED) is 0.824. The Bertz CT molecular complexity index is 456. The van der Waals surface area contributed by atoms with Crippen molar-refractivity contribution >= 4 is 17.3 Å². The van der Waals surface area contributed by atoms with Gasteiger partial charge in [0.2, 0.25) is 5.91 Å². The summed E-state index contributed by atoms with van der Waals surface area (Å²) >= 11 is 0. The molecule has 0 aromatic heterocycles. The first kappa shape index (κ1) is 14.8. The molecule has 1 amide bonds. The average Bonchev–Trinajstić information content (AvgIpc) is 2.58. The zero-order chi connectivity index (χ0) is 14.5. The monoisotopic (exact) mass is 277 g/mol. The highest BCUT2D eigenvalue weighted by Crippen LogP contribution is 2.22. The molecule has 20 heavy (non-hydrogen) atoms. The van der Waals surface area contributed by atoms with Gasteiger partial charge in [-0.15, -0.1) is 0 Å². The molecule has 1 aromatic rings. The Balaban J connectivity index is 1.95. The van der Waals surface area contributed by atoms with E-state index in [4.69, 9.17) is 10.5 Å². The molecule has 0 bridgehead atoms. The number of nitrogen functional groups attached to an aromatic ring is 1. The zero-order valence-corrected chi connectivity index (χ0v) is 12.2. The summed E-state index contributed by atoms with van der Waals surface area (Å²) in [4.78, 5) is 14.3. The van der Waals surface area contributed by atoms with Gasteiger partial charge in [-0.1, -0.05) is 12.1 Å². The summed E-state index contributed by atoms with van der Waals surface area (Å²) in [7, 11) is 0. The van der Waals surface area contributed by atoms with Crippen molar-refractivity contribution in [3.63, 3.8) is 0 Å². The van der Waals surface area contributed by atoms with Crippen molar-refractivity contribution < 1.29 is 9.53 Å². The molecule has 1 unspecified atom stereocenters. The van der Waals surface area contributed by atoms with Gasteiger partial charge in [-0.3, -0.25) is 9.69 Å². The van der Waals surface area contributed by atoms with E-state index >= 15 is 0 Å². The number of nitrogens with two attached hydrogens (primary N) is 1. The third-order valence-corrected chi connectivity index (χ3v) is 3.47. The maximum Gasteiger partial charge on any atom is 0.238 e. The summed E-state index contributed by atoms with van der Waals surface area (Å²) in [6.07, 6.45) is 1.14. The fraction of sp³-hybridized carbons (Fsp3) is 0.533. The van der Waals surface area contributed by atoms with Gasteiger partial charge in [0, 0.05) is 19.7 Å². The lowest BCUT2D eigenvalue weighted by Crippen LogP contribution is -2.37. The molecule has 5 heteroatoms. The molecule has 5 nitrogen and oxygen atoms in total. The fourth-order valence-corrected chi connectivity index (χ4v) is 2.47. The summed E-state index contributed by atoms with van der Waals surface area (Å²) in [5.41, 5.74) is 8.20. The Labute approximate surface area is 120 Å². The molecule has 110 valence electrons. The van der Waals surface area contributed by atoms with Crippen molar-refractivity contribution in [1.29, 1.82) is 0 Å². The molecule has 1 heterocycles. The van der Waals surface area contributed by atoms with Crippen molar-refractivity contribution in [3.8, 4) is 0 Å². The number of nitrogens with zero attached hydrogens (tertiary/aromatic N) is 1. The Morgan fingerprint density at radius 3 is 3.10 bits per heavy atom. The van der Waals surface area contributed by atoms with Gasteiger partial charge in [0.1, 0.15) is 0 Å². The molecule has 1 aliphatic rings. The van der Waals surface area contributed by atoms with Crippen molar-refractivity contribution in [1.82, 2.24) is 4.90 Å². The van der Waals surface area contributed by atoms with Crippen LogP contribution in [0, 0.1) is 6.92 Å². The first-order chi connectivity index (χ1) is 9.56. The highest BCUT2D eigenvalue weighted by atomic mass is 16.5. The Morgan fingerprint density at radius 2 is 2.35 bits per heavy atom. The molecule has 1 fully saturated rings. The van der Waals surface area contributed by atoms with Crippen molar-refractivity contribution in [2.45, 2.75) is 26.4 Å². The van der Waals surface area contributed by atoms with Crippen molar-refractivity contribution in [2.75, 3.05) is 37.3 Å². The standard InChI is InChI=1S/C15H23N3O2/c1-11-5-3-6-13(16)15(11)17-14(19)10-18-7-4-8-20-12(2)9-18/h3,5-6,12H,4,7-10,16H2,1-2H3,(H,17,19). The van der Waals surface area contributed by atoms with Crippen LogP contribution in [0.1, 0.15) is 18.9 Å². The SMILES string of the molecule is Cc1cccc(N)c1NC(=O)CN1CCCOC(C)C1. The second kappa shape index (κ2) is 6.72. The van der Waals surface area contributed by atoms with Gasteiger partial charge in [-0.2, -0.15) is 0 Å². The maximum absolute atomic E-state index is 12.2. The first-order valence-corrected chi connectivity index (χ1v) is 7.05. The predicted octanol–water partition coefficient (Wildman–Crippen LogP) is 1.63. The van der Waals surface area contributed by atoms with Crippen LogP contribution in [0.4, 0.5) is 11.4 Å². The average molecular weight is 277 g/mol. The minimum atomic E-state index is -0.0277. The lowest BCUT2D eigenvalue weighted by molar-refractivity contribution is -0.117. The number of amides is 1. The van der Waals surface area contributed by atoms with Crippen LogP contribution in [0.3, 0.4) is 0 Å². The number of rotatable bonds is 3.